The molecule has 1 heterocycles. The molecule has 118 valence electrons. The van der Waals surface area contributed by atoms with Gasteiger partial charge in [-0.3, -0.25) is 4.90 Å². The van der Waals surface area contributed by atoms with Crippen molar-refractivity contribution in [2.75, 3.05) is 26.2 Å². The van der Waals surface area contributed by atoms with E-state index in [1.807, 2.05) is 0 Å². The number of rotatable bonds is 7. The van der Waals surface area contributed by atoms with Gasteiger partial charge in [-0.15, -0.1) is 0 Å². The summed E-state index contributed by atoms with van der Waals surface area (Å²) in [6, 6.07) is 4.45. The van der Waals surface area contributed by atoms with Gasteiger partial charge in [-0.25, -0.2) is 0 Å². The van der Waals surface area contributed by atoms with Gasteiger partial charge in [0, 0.05) is 12.6 Å². The first-order chi connectivity index (χ1) is 10.1. The first-order valence-corrected chi connectivity index (χ1v) is 9.27. The second-order valence-corrected chi connectivity index (χ2v) is 7.37. The fourth-order valence-electron chi connectivity index (χ4n) is 2.60. The minimum absolute atomic E-state index is 0.214. The molecule has 1 unspecified atom stereocenters. The minimum Gasteiger partial charge on any atom is -0.490 e. The van der Waals surface area contributed by atoms with Crippen LogP contribution in [-0.2, 0) is 6.42 Å². The van der Waals surface area contributed by atoms with E-state index >= 15 is 0 Å². The number of likely N-dealkylation sites (tertiary alicyclic amines) is 1. The maximum atomic E-state index is 6.03. The topological polar surface area (TPSA) is 38.5 Å². The van der Waals surface area contributed by atoms with Gasteiger partial charge in [-0.05, 0) is 88.3 Å². The van der Waals surface area contributed by atoms with Gasteiger partial charge in [-0.1, -0.05) is 6.92 Å². The molecule has 0 aliphatic carbocycles. The Bertz CT molecular complexity index is 439. The molecule has 0 amide bonds. The van der Waals surface area contributed by atoms with E-state index in [0.29, 0.717) is 0 Å². The Kier molecular flexibility index (Phi) is 6.99. The normalized spacial score (nSPS) is 17.1. The standard InChI is InChI=1S/C16H24Br2N2O/c1-2-13(19)9-12-10-14(17)16(15(18)11-12)21-8-7-20-5-3-4-6-20/h10-11,13H,2-9,19H2,1H3. The third-order valence-electron chi connectivity index (χ3n) is 3.93. The van der Waals surface area contributed by atoms with Crippen molar-refractivity contribution in [3.63, 3.8) is 0 Å². The van der Waals surface area contributed by atoms with Crippen molar-refractivity contribution >= 4 is 31.9 Å². The fourth-order valence-corrected chi connectivity index (χ4v) is 4.11. The predicted molar refractivity (Wildman–Crippen MR) is 95.0 cm³/mol. The van der Waals surface area contributed by atoms with Crippen LogP contribution in [-0.4, -0.2) is 37.2 Å². The largest absolute Gasteiger partial charge is 0.490 e. The lowest BCUT2D eigenvalue weighted by Crippen LogP contribution is -2.25. The summed E-state index contributed by atoms with van der Waals surface area (Å²) in [6.45, 7) is 6.26. The van der Waals surface area contributed by atoms with Crippen LogP contribution in [0.2, 0.25) is 0 Å². The van der Waals surface area contributed by atoms with Crippen LogP contribution in [0.5, 0.6) is 5.75 Å². The Balaban J connectivity index is 1.92. The van der Waals surface area contributed by atoms with Crippen molar-refractivity contribution in [2.24, 2.45) is 5.73 Å². The van der Waals surface area contributed by atoms with Gasteiger partial charge in [0.05, 0.1) is 8.95 Å². The summed E-state index contributed by atoms with van der Waals surface area (Å²) in [7, 11) is 0. The maximum absolute atomic E-state index is 6.03. The van der Waals surface area contributed by atoms with Gasteiger partial charge in [0.25, 0.3) is 0 Å². The van der Waals surface area contributed by atoms with Gasteiger partial charge in [0.15, 0.2) is 0 Å². The summed E-state index contributed by atoms with van der Waals surface area (Å²) in [5, 5.41) is 0. The zero-order chi connectivity index (χ0) is 15.2. The Hall–Kier alpha value is -0.100. The number of halogens is 2. The van der Waals surface area contributed by atoms with Gasteiger partial charge < -0.3 is 10.5 Å². The quantitative estimate of drug-likeness (QED) is 0.726. The molecular weight excluding hydrogens is 396 g/mol. The molecular formula is C16H24Br2N2O. The van der Waals surface area contributed by atoms with Gasteiger partial charge in [0.2, 0.25) is 0 Å². The summed E-state index contributed by atoms with van der Waals surface area (Å²) < 4.78 is 7.94. The highest BCUT2D eigenvalue weighted by atomic mass is 79.9. The minimum atomic E-state index is 0.214. The Morgan fingerprint density at radius 1 is 1.24 bits per heavy atom. The molecule has 21 heavy (non-hydrogen) atoms. The van der Waals surface area contributed by atoms with Crippen LogP contribution in [0.4, 0.5) is 0 Å². The molecule has 1 atom stereocenters. The Morgan fingerprint density at radius 3 is 2.43 bits per heavy atom. The Labute approximate surface area is 144 Å². The van der Waals surface area contributed by atoms with Crippen LogP contribution in [0.25, 0.3) is 0 Å². The second kappa shape index (κ2) is 8.51. The first-order valence-electron chi connectivity index (χ1n) is 7.68. The van der Waals surface area contributed by atoms with E-state index in [2.05, 4.69) is 55.8 Å². The zero-order valence-electron chi connectivity index (χ0n) is 12.6. The van der Waals surface area contributed by atoms with Gasteiger partial charge in [-0.2, -0.15) is 0 Å². The van der Waals surface area contributed by atoms with Crippen LogP contribution in [0.15, 0.2) is 21.1 Å². The summed E-state index contributed by atoms with van der Waals surface area (Å²) in [6.07, 6.45) is 4.52. The fraction of sp³-hybridized carbons (Fsp3) is 0.625. The SMILES string of the molecule is CCC(N)Cc1cc(Br)c(OCCN2CCCC2)c(Br)c1. The molecule has 2 rings (SSSR count). The number of nitrogens with zero attached hydrogens (tertiary/aromatic N) is 1. The molecule has 1 saturated heterocycles. The molecule has 0 aromatic heterocycles. The number of nitrogens with two attached hydrogens (primary N) is 1. The van der Waals surface area contributed by atoms with Crippen LogP contribution in [0, 0.1) is 0 Å². The van der Waals surface area contributed by atoms with Crippen LogP contribution in [0.3, 0.4) is 0 Å². The highest BCUT2D eigenvalue weighted by molar-refractivity contribution is 9.11. The van der Waals surface area contributed by atoms with E-state index in [0.717, 1.165) is 40.7 Å². The molecule has 0 radical (unpaired) electrons. The molecule has 3 nitrogen and oxygen atoms in total. The molecule has 0 bridgehead atoms. The van der Waals surface area contributed by atoms with Crippen molar-refractivity contribution in [3.05, 3.63) is 26.6 Å². The van der Waals surface area contributed by atoms with Gasteiger partial charge >= 0.3 is 0 Å². The lowest BCUT2D eigenvalue weighted by atomic mass is 10.0. The highest BCUT2D eigenvalue weighted by Crippen LogP contribution is 2.35. The molecule has 1 aliphatic rings. The summed E-state index contributed by atoms with van der Waals surface area (Å²) in [5.74, 6) is 0.892. The van der Waals surface area contributed by atoms with Crippen molar-refractivity contribution in [1.29, 1.82) is 0 Å². The number of benzene rings is 1. The van der Waals surface area contributed by atoms with Crippen molar-refractivity contribution in [2.45, 2.75) is 38.6 Å². The number of hydrogen-bond donors (Lipinski definition) is 1. The van der Waals surface area contributed by atoms with E-state index in [4.69, 9.17) is 10.5 Å². The van der Waals surface area contributed by atoms with Crippen molar-refractivity contribution in [1.82, 2.24) is 4.90 Å². The predicted octanol–water partition coefficient (Wildman–Crippen LogP) is 3.97. The second-order valence-electron chi connectivity index (χ2n) is 5.66. The van der Waals surface area contributed by atoms with E-state index in [-0.39, 0.29) is 6.04 Å². The van der Waals surface area contributed by atoms with E-state index in [1.54, 1.807) is 0 Å². The molecule has 1 aliphatic heterocycles. The summed E-state index contributed by atoms with van der Waals surface area (Å²) in [4.78, 5) is 2.45. The van der Waals surface area contributed by atoms with Crippen LogP contribution in [0.1, 0.15) is 31.7 Å². The third-order valence-corrected chi connectivity index (χ3v) is 5.11. The Morgan fingerprint density at radius 2 is 1.86 bits per heavy atom. The lowest BCUT2D eigenvalue weighted by molar-refractivity contribution is 0.236. The molecule has 2 N–H and O–H groups in total. The van der Waals surface area contributed by atoms with Crippen LogP contribution >= 0.6 is 31.9 Å². The average molecular weight is 420 g/mol. The van der Waals surface area contributed by atoms with Crippen molar-refractivity contribution < 1.29 is 4.74 Å². The lowest BCUT2D eigenvalue weighted by Gasteiger charge is -2.17. The van der Waals surface area contributed by atoms with E-state index in [1.165, 1.54) is 31.5 Å². The molecule has 1 aromatic carbocycles. The molecule has 0 saturated carbocycles. The smallest absolute Gasteiger partial charge is 0.147 e. The molecule has 1 aromatic rings. The number of ether oxygens (including phenoxy) is 1. The summed E-state index contributed by atoms with van der Waals surface area (Å²) >= 11 is 7.23. The molecule has 1 fully saturated rings. The molecule has 0 spiro atoms. The van der Waals surface area contributed by atoms with Crippen molar-refractivity contribution in [3.8, 4) is 5.75 Å². The highest BCUT2D eigenvalue weighted by Gasteiger charge is 2.13. The zero-order valence-corrected chi connectivity index (χ0v) is 15.7. The first kappa shape index (κ1) is 17.3. The third kappa shape index (κ3) is 5.23. The van der Waals surface area contributed by atoms with Gasteiger partial charge in [0.1, 0.15) is 12.4 Å². The number of hydrogen-bond acceptors (Lipinski definition) is 3. The monoisotopic (exact) mass is 418 g/mol. The van der Waals surface area contributed by atoms with E-state index in [9.17, 15) is 0 Å². The van der Waals surface area contributed by atoms with E-state index < -0.39 is 0 Å². The maximum Gasteiger partial charge on any atom is 0.147 e. The van der Waals surface area contributed by atoms with Crippen LogP contribution < -0.4 is 10.5 Å². The molecule has 5 heteroatoms. The average Bonchev–Trinajstić information content (AvgIpc) is 2.95. The summed E-state index contributed by atoms with van der Waals surface area (Å²) in [5.41, 5.74) is 7.26.